The highest BCUT2D eigenvalue weighted by Crippen LogP contribution is 2.20. The van der Waals surface area contributed by atoms with Crippen LogP contribution in [-0.2, 0) is 11.2 Å². The SMILES string of the molecule is CCc1cc(NN)cc(C(O)C(=O)O)c1. The number of carboxylic acids is 1. The molecule has 0 fully saturated rings. The van der Waals surface area contributed by atoms with Gasteiger partial charge in [0.05, 0.1) is 0 Å². The van der Waals surface area contributed by atoms with Crippen molar-refractivity contribution in [2.45, 2.75) is 19.4 Å². The number of benzene rings is 1. The minimum atomic E-state index is -1.51. The van der Waals surface area contributed by atoms with Crippen molar-refractivity contribution >= 4 is 11.7 Å². The van der Waals surface area contributed by atoms with E-state index in [0.29, 0.717) is 11.3 Å². The van der Waals surface area contributed by atoms with E-state index in [1.807, 2.05) is 6.92 Å². The Morgan fingerprint density at radius 1 is 1.53 bits per heavy atom. The fourth-order valence-corrected chi connectivity index (χ4v) is 1.31. The molecule has 5 heteroatoms. The topological polar surface area (TPSA) is 95.6 Å². The number of nitrogens with one attached hydrogen (secondary N) is 1. The highest BCUT2D eigenvalue weighted by molar-refractivity contribution is 5.74. The molecule has 1 rings (SSSR count). The Kier molecular flexibility index (Phi) is 3.65. The average molecular weight is 210 g/mol. The van der Waals surface area contributed by atoms with Crippen LogP contribution in [0.1, 0.15) is 24.2 Å². The maximum Gasteiger partial charge on any atom is 0.337 e. The first-order chi connectivity index (χ1) is 7.08. The normalized spacial score (nSPS) is 12.2. The molecule has 1 unspecified atom stereocenters. The van der Waals surface area contributed by atoms with Gasteiger partial charge >= 0.3 is 5.97 Å². The van der Waals surface area contributed by atoms with E-state index < -0.39 is 12.1 Å². The molecule has 0 aliphatic rings. The predicted molar refractivity (Wildman–Crippen MR) is 56.2 cm³/mol. The number of aliphatic hydroxyl groups excluding tert-OH is 1. The van der Waals surface area contributed by atoms with Gasteiger partial charge in [0, 0.05) is 5.69 Å². The molecule has 0 bridgehead atoms. The Balaban J connectivity index is 3.11. The third kappa shape index (κ3) is 2.68. The number of hydrogen-bond acceptors (Lipinski definition) is 4. The number of hydrogen-bond donors (Lipinski definition) is 4. The van der Waals surface area contributed by atoms with Crippen molar-refractivity contribution in [2.75, 3.05) is 5.43 Å². The quantitative estimate of drug-likeness (QED) is 0.432. The maximum absolute atomic E-state index is 10.6. The molecule has 0 heterocycles. The van der Waals surface area contributed by atoms with E-state index in [0.717, 1.165) is 12.0 Å². The van der Waals surface area contributed by atoms with E-state index in [9.17, 15) is 9.90 Å². The second kappa shape index (κ2) is 4.77. The van der Waals surface area contributed by atoms with Gasteiger partial charge in [-0.15, -0.1) is 0 Å². The van der Waals surface area contributed by atoms with Crippen molar-refractivity contribution < 1.29 is 15.0 Å². The lowest BCUT2D eigenvalue weighted by Gasteiger charge is -2.10. The van der Waals surface area contributed by atoms with Crippen LogP contribution in [0.15, 0.2) is 18.2 Å². The molecular weight excluding hydrogens is 196 g/mol. The van der Waals surface area contributed by atoms with Gasteiger partial charge < -0.3 is 15.6 Å². The van der Waals surface area contributed by atoms with Crippen molar-refractivity contribution in [1.29, 1.82) is 0 Å². The first-order valence-corrected chi connectivity index (χ1v) is 4.59. The van der Waals surface area contributed by atoms with Crippen LogP contribution in [0.25, 0.3) is 0 Å². The first kappa shape index (κ1) is 11.5. The minimum Gasteiger partial charge on any atom is -0.479 e. The summed E-state index contributed by atoms with van der Waals surface area (Å²) in [5.74, 6) is 3.97. The molecule has 0 aliphatic carbocycles. The Morgan fingerprint density at radius 3 is 2.67 bits per heavy atom. The van der Waals surface area contributed by atoms with Crippen molar-refractivity contribution in [3.63, 3.8) is 0 Å². The lowest BCUT2D eigenvalue weighted by molar-refractivity contribution is -0.146. The van der Waals surface area contributed by atoms with Gasteiger partial charge in [-0.1, -0.05) is 13.0 Å². The molecule has 1 aromatic carbocycles. The number of carbonyl (C=O) groups is 1. The van der Waals surface area contributed by atoms with E-state index in [1.54, 1.807) is 12.1 Å². The van der Waals surface area contributed by atoms with Gasteiger partial charge in [-0.2, -0.15) is 0 Å². The molecule has 5 nitrogen and oxygen atoms in total. The largest absolute Gasteiger partial charge is 0.479 e. The number of hydrazine groups is 1. The van der Waals surface area contributed by atoms with Gasteiger partial charge in [-0.25, -0.2) is 4.79 Å². The Bertz CT molecular complexity index is 343. The zero-order chi connectivity index (χ0) is 11.4. The van der Waals surface area contributed by atoms with E-state index in [1.165, 1.54) is 6.07 Å². The number of anilines is 1. The van der Waals surface area contributed by atoms with Gasteiger partial charge in [0.1, 0.15) is 0 Å². The van der Waals surface area contributed by atoms with Gasteiger partial charge in [-0.3, -0.25) is 5.84 Å². The monoisotopic (exact) mass is 210 g/mol. The van der Waals surface area contributed by atoms with Crippen molar-refractivity contribution in [1.82, 2.24) is 0 Å². The van der Waals surface area contributed by atoms with Crippen LogP contribution in [0.4, 0.5) is 5.69 Å². The van der Waals surface area contributed by atoms with Crippen molar-refractivity contribution in [3.05, 3.63) is 29.3 Å². The summed E-state index contributed by atoms with van der Waals surface area (Å²) >= 11 is 0. The van der Waals surface area contributed by atoms with Gasteiger partial charge in [0.2, 0.25) is 0 Å². The molecule has 0 saturated heterocycles. The standard InChI is InChI=1S/C10H14N2O3/c1-2-6-3-7(9(13)10(14)15)5-8(4-6)12-11/h3-5,9,12-13H,2,11H2,1H3,(H,14,15). The average Bonchev–Trinajstić information content (AvgIpc) is 2.27. The second-order valence-corrected chi connectivity index (χ2v) is 3.20. The van der Waals surface area contributed by atoms with Crippen LogP contribution in [0, 0.1) is 0 Å². The Labute approximate surface area is 87.5 Å². The summed E-state index contributed by atoms with van der Waals surface area (Å²) in [6.45, 7) is 1.94. The zero-order valence-corrected chi connectivity index (χ0v) is 8.40. The summed E-state index contributed by atoms with van der Waals surface area (Å²) in [6.07, 6.45) is -0.766. The summed E-state index contributed by atoms with van der Waals surface area (Å²) in [6, 6.07) is 4.97. The van der Waals surface area contributed by atoms with Gasteiger partial charge in [0.25, 0.3) is 0 Å². The third-order valence-corrected chi connectivity index (χ3v) is 2.14. The summed E-state index contributed by atoms with van der Waals surface area (Å²) in [7, 11) is 0. The van der Waals surface area contributed by atoms with Crippen LogP contribution >= 0.6 is 0 Å². The van der Waals surface area contributed by atoms with Crippen molar-refractivity contribution in [2.24, 2.45) is 5.84 Å². The number of nitrogen functional groups attached to an aromatic ring is 1. The lowest BCUT2D eigenvalue weighted by Crippen LogP contribution is -2.13. The number of aryl methyl sites for hydroxylation is 1. The molecule has 0 aromatic heterocycles. The number of aliphatic hydroxyl groups is 1. The smallest absolute Gasteiger partial charge is 0.337 e. The summed E-state index contributed by atoms with van der Waals surface area (Å²) in [4.78, 5) is 10.6. The molecule has 0 saturated carbocycles. The van der Waals surface area contributed by atoms with Crippen LogP contribution in [0.2, 0.25) is 0 Å². The molecule has 1 aromatic rings. The van der Waals surface area contributed by atoms with E-state index in [-0.39, 0.29) is 0 Å². The van der Waals surface area contributed by atoms with Crippen LogP contribution in [-0.4, -0.2) is 16.2 Å². The van der Waals surface area contributed by atoms with Crippen LogP contribution in [0.3, 0.4) is 0 Å². The minimum absolute atomic E-state index is 0.329. The fraction of sp³-hybridized carbons (Fsp3) is 0.300. The number of aliphatic carboxylic acids is 1. The predicted octanol–water partition coefficient (Wildman–Crippen LogP) is 0.653. The maximum atomic E-state index is 10.6. The molecule has 0 radical (unpaired) electrons. The molecule has 1 atom stereocenters. The molecule has 15 heavy (non-hydrogen) atoms. The van der Waals surface area contributed by atoms with Gasteiger partial charge in [-0.05, 0) is 29.7 Å². The molecule has 82 valence electrons. The fourth-order valence-electron chi connectivity index (χ4n) is 1.31. The Hall–Kier alpha value is -1.59. The lowest BCUT2D eigenvalue weighted by atomic mass is 10.0. The molecular formula is C10H14N2O3. The van der Waals surface area contributed by atoms with Crippen molar-refractivity contribution in [3.8, 4) is 0 Å². The van der Waals surface area contributed by atoms with Gasteiger partial charge in [0.15, 0.2) is 6.10 Å². The summed E-state index contributed by atoms with van der Waals surface area (Å²) < 4.78 is 0. The third-order valence-electron chi connectivity index (χ3n) is 2.14. The molecule has 0 spiro atoms. The highest BCUT2D eigenvalue weighted by Gasteiger charge is 2.16. The molecule has 5 N–H and O–H groups in total. The number of nitrogens with two attached hydrogens (primary N) is 1. The zero-order valence-electron chi connectivity index (χ0n) is 8.40. The number of carboxylic acid groups (broad SMARTS) is 1. The summed E-state index contributed by atoms with van der Waals surface area (Å²) in [5.41, 5.74) is 4.27. The van der Waals surface area contributed by atoms with E-state index >= 15 is 0 Å². The molecule has 0 amide bonds. The van der Waals surface area contributed by atoms with Crippen LogP contribution in [0.5, 0.6) is 0 Å². The highest BCUT2D eigenvalue weighted by atomic mass is 16.4. The summed E-state index contributed by atoms with van der Waals surface area (Å²) in [5, 5.41) is 18.0. The Morgan fingerprint density at radius 2 is 2.20 bits per heavy atom. The van der Waals surface area contributed by atoms with E-state index in [4.69, 9.17) is 10.9 Å². The van der Waals surface area contributed by atoms with Crippen LogP contribution < -0.4 is 11.3 Å². The van der Waals surface area contributed by atoms with E-state index in [2.05, 4.69) is 5.43 Å². The molecule has 0 aliphatic heterocycles. The number of rotatable bonds is 4. The second-order valence-electron chi connectivity index (χ2n) is 3.20. The first-order valence-electron chi connectivity index (χ1n) is 4.59.